The van der Waals surface area contributed by atoms with Crippen LogP contribution in [0.5, 0.6) is 5.75 Å². The third-order valence-electron chi connectivity index (χ3n) is 5.51. The third kappa shape index (κ3) is 3.25. The summed E-state index contributed by atoms with van der Waals surface area (Å²) in [7, 11) is 3.28. The third-order valence-corrected chi connectivity index (χ3v) is 5.51. The molecule has 1 fully saturated rings. The van der Waals surface area contributed by atoms with Gasteiger partial charge in [-0.05, 0) is 24.5 Å². The summed E-state index contributed by atoms with van der Waals surface area (Å²) in [5.74, 6) is 1.56. The number of hydrogen-bond donors (Lipinski definition) is 0. The highest BCUT2D eigenvalue weighted by Gasteiger charge is 2.44. The molecule has 1 unspecified atom stereocenters. The molecule has 2 aromatic rings. The maximum atomic E-state index is 12.7. The van der Waals surface area contributed by atoms with E-state index in [4.69, 9.17) is 9.47 Å². The number of likely N-dealkylation sites (tertiary alicyclic amines) is 1. The molecule has 3 heterocycles. The van der Waals surface area contributed by atoms with Crippen molar-refractivity contribution >= 4 is 5.91 Å². The van der Waals surface area contributed by atoms with Crippen LogP contribution in [0.25, 0.3) is 0 Å². The molecule has 0 bridgehead atoms. The first-order valence-corrected chi connectivity index (χ1v) is 9.18. The number of carbonyl (C=O) groups is 1. The number of methoxy groups -OCH3 is 1. The van der Waals surface area contributed by atoms with Crippen LogP contribution in [0.15, 0.2) is 29.1 Å². The summed E-state index contributed by atoms with van der Waals surface area (Å²) in [4.78, 5) is 26.8. The van der Waals surface area contributed by atoms with Crippen LogP contribution in [0, 0.1) is 0 Å². The van der Waals surface area contributed by atoms with E-state index in [9.17, 15) is 9.59 Å². The molecule has 1 amide bonds. The lowest BCUT2D eigenvalue weighted by atomic mass is 10.0. The molecule has 8 heteroatoms. The number of ether oxygens (including phenoxy) is 2. The summed E-state index contributed by atoms with van der Waals surface area (Å²) in [6.07, 6.45) is 1.79. The normalized spacial score (nSPS) is 21.5. The van der Waals surface area contributed by atoms with Gasteiger partial charge < -0.3 is 14.4 Å². The SMILES string of the molecule is COc1ccccc1CCC(=O)N1CCC2(C1)Cn1c(nn(C)c1=O)CO2. The summed E-state index contributed by atoms with van der Waals surface area (Å²) in [5, 5.41) is 4.19. The summed E-state index contributed by atoms with van der Waals surface area (Å²) in [5.41, 5.74) is 0.413. The van der Waals surface area contributed by atoms with Crippen molar-refractivity contribution in [2.24, 2.45) is 7.05 Å². The van der Waals surface area contributed by atoms with Crippen molar-refractivity contribution in [3.05, 3.63) is 46.1 Å². The van der Waals surface area contributed by atoms with Crippen LogP contribution in [-0.2, 0) is 36.2 Å². The Bertz CT molecular complexity index is 919. The van der Waals surface area contributed by atoms with Gasteiger partial charge in [0.1, 0.15) is 18.0 Å². The fraction of sp³-hybridized carbons (Fsp3) is 0.526. The van der Waals surface area contributed by atoms with E-state index in [2.05, 4.69) is 5.10 Å². The number of fused-ring (bicyclic) bond motifs is 1. The number of hydrogen-bond acceptors (Lipinski definition) is 5. The molecule has 1 spiro atoms. The zero-order valence-electron chi connectivity index (χ0n) is 15.7. The summed E-state index contributed by atoms with van der Waals surface area (Å²) >= 11 is 0. The lowest BCUT2D eigenvalue weighted by Gasteiger charge is -2.33. The van der Waals surface area contributed by atoms with Gasteiger partial charge in [0.2, 0.25) is 5.91 Å². The Morgan fingerprint density at radius 2 is 2.15 bits per heavy atom. The van der Waals surface area contributed by atoms with Gasteiger partial charge in [-0.3, -0.25) is 9.36 Å². The van der Waals surface area contributed by atoms with Gasteiger partial charge in [0, 0.05) is 20.0 Å². The molecule has 1 aromatic carbocycles. The summed E-state index contributed by atoms with van der Waals surface area (Å²) in [6, 6.07) is 7.76. The van der Waals surface area contributed by atoms with E-state index < -0.39 is 5.60 Å². The standard InChI is InChI=1S/C19H24N4O4/c1-21-18(25)23-13-19(27-11-16(23)20-21)9-10-22(12-19)17(24)8-7-14-5-3-4-6-15(14)26-2/h3-6H,7-13H2,1-2H3. The van der Waals surface area contributed by atoms with Gasteiger partial charge in [-0.25, -0.2) is 9.48 Å². The molecule has 27 heavy (non-hydrogen) atoms. The molecule has 1 saturated heterocycles. The molecule has 4 rings (SSSR count). The molecule has 0 radical (unpaired) electrons. The quantitative estimate of drug-likeness (QED) is 0.790. The average molecular weight is 372 g/mol. The number of carbonyl (C=O) groups excluding carboxylic acids is 1. The molecule has 144 valence electrons. The second-order valence-electron chi connectivity index (χ2n) is 7.26. The smallest absolute Gasteiger partial charge is 0.345 e. The molecule has 1 aromatic heterocycles. The van der Waals surface area contributed by atoms with Gasteiger partial charge in [-0.1, -0.05) is 18.2 Å². The number of nitrogens with zero attached hydrogens (tertiary/aromatic N) is 4. The topological polar surface area (TPSA) is 78.6 Å². The van der Waals surface area contributed by atoms with Crippen LogP contribution in [-0.4, -0.2) is 51.0 Å². The number of benzene rings is 1. The fourth-order valence-corrected chi connectivity index (χ4v) is 3.99. The number of amides is 1. The summed E-state index contributed by atoms with van der Waals surface area (Å²) in [6.45, 7) is 1.91. The molecular weight excluding hydrogens is 348 g/mol. The van der Waals surface area contributed by atoms with Crippen LogP contribution < -0.4 is 10.4 Å². The minimum Gasteiger partial charge on any atom is -0.496 e. The number of aryl methyl sites for hydroxylation is 2. The van der Waals surface area contributed by atoms with E-state index in [1.165, 1.54) is 4.68 Å². The highest BCUT2D eigenvalue weighted by Crippen LogP contribution is 2.32. The Morgan fingerprint density at radius 3 is 2.96 bits per heavy atom. The molecule has 2 aliphatic heterocycles. The van der Waals surface area contributed by atoms with E-state index >= 15 is 0 Å². The van der Waals surface area contributed by atoms with Crippen molar-refractivity contribution in [3.8, 4) is 5.75 Å². The van der Waals surface area contributed by atoms with Crippen molar-refractivity contribution in [3.63, 3.8) is 0 Å². The minimum absolute atomic E-state index is 0.103. The molecule has 0 aliphatic carbocycles. The van der Waals surface area contributed by atoms with Gasteiger partial charge in [-0.15, -0.1) is 0 Å². The van der Waals surface area contributed by atoms with E-state index in [-0.39, 0.29) is 11.6 Å². The lowest BCUT2D eigenvalue weighted by Crippen LogP contribution is -2.47. The Hall–Kier alpha value is -2.61. The molecule has 0 N–H and O–H groups in total. The average Bonchev–Trinajstić information content (AvgIpc) is 3.22. The molecule has 2 aliphatic rings. The van der Waals surface area contributed by atoms with Gasteiger partial charge in [0.25, 0.3) is 0 Å². The monoisotopic (exact) mass is 372 g/mol. The maximum Gasteiger partial charge on any atom is 0.345 e. The van der Waals surface area contributed by atoms with Crippen LogP contribution in [0.4, 0.5) is 0 Å². The van der Waals surface area contributed by atoms with Crippen molar-refractivity contribution in [1.82, 2.24) is 19.2 Å². The molecule has 0 saturated carbocycles. The largest absolute Gasteiger partial charge is 0.496 e. The number of rotatable bonds is 4. The molecular formula is C19H24N4O4. The highest BCUT2D eigenvalue weighted by atomic mass is 16.5. The second kappa shape index (κ2) is 6.84. The van der Waals surface area contributed by atoms with E-state index in [1.807, 2.05) is 29.2 Å². The van der Waals surface area contributed by atoms with Gasteiger partial charge >= 0.3 is 5.69 Å². The first-order chi connectivity index (χ1) is 13.0. The van der Waals surface area contributed by atoms with Crippen molar-refractivity contribution in [2.45, 2.75) is 38.0 Å². The fourth-order valence-electron chi connectivity index (χ4n) is 3.99. The van der Waals surface area contributed by atoms with Crippen molar-refractivity contribution in [1.29, 1.82) is 0 Å². The minimum atomic E-state index is -0.486. The number of para-hydroxylation sites is 1. The first kappa shape index (κ1) is 17.8. The number of aromatic nitrogens is 3. The van der Waals surface area contributed by atoms with Crippen molar-refractivity contribution < 1.29 is 14.3 Å². The Labute approximate surface area is 157 Å². The molecule has 8 nitrogen and oxygen atoms in total. The van der Waals surface area contributed by atoms with E-state index in [0.29, 0.717) is 44.9 Å². The van der Waals surface area contributed by atoms with Crippen molar-refractivity contribution in [2.75, 3.05) is 20.2 Å². The Balaban J connectivity index is 1.40. The van der Waals surface area contributed by atoms with Crippen LogP contribution in [0.3, 0.4) is 0 Å². The second-order valence-corrected chi connectivity index (χ2v) is 7.26. The lowest BCUT2D eigenvalue weighted by molar-refractivity contribution is -0.133. The maximum absolute atomic E-state index is 12.7. The Morgan fingerprint density at radius 1 is 1.33 bits per heavy atom. The van der Waals surface area contributed by atoms with E-state index in [1.54, 1.807) is 18.7 Å². The molecule has 1 atom stereocenters. The predicted molar refractivity (Wildman–Crippen MR) is 97.5 cm³/mol. The predicted octanol–water partition coefficient (Wildman–Crippen LogP) is 0.724. The zero-order valence-corrected chi connectivity index (χ0v) is 15.7. The van der Waals surface area contributed by atoms with Gasteiger partial charge in [0.05, 0.1) is 20.2 Å². The highest BCUT2D eigenvalue weighted by molar-refractivity contribution is 5.77. The van der Waals surface area contributed by atoms with E-state index in [0.717, 1.165) is 17.7 Å². The van der Waals surface area contributed by atoms with Gasteiger partial charge in [0.15, 0.2) is 5.82 Å². The first-order valence-electron chi connectivity index (χ1n) is 9.18. The van der Waals surface area contributed by atoms with Crippen LogP contribution in [0.2, 0.25) is 0 Å². The Kier molecular flexibility index (Phi) is 4.51. The zero-order chi connectivity index (χ0) is 19.0. The van der Waals surface area contributed by atoms with Gasteiger partial charge in [-0.2, -0.15) is 5.10 Å². The van der Waals surface area contributed by atoms with Crippen LogP contribution in [0.1, 0.15) is 24.2 Å². The summed E-state index contributed by atoms with van der Waals surface area (Å²) < 4.78 is 14.4. The van der Waals surface area contributed by atoms with Crippen LogP contribution >= 0.6 is 0 Å².